The van der Waals surface area contributed by atoms with Crippen molar-refractivity contribution < 1.29 is 4.79 Å². The zero-order chi connectivity index (χ0) is 21.9. The summed E-state index contributed by atoms with van der Waals surface area (Å²) in [6.07, 6.45) is 7.17. The van der Waals surface area contributed by atoms with E-state index >= 15 is 0 Å². The summed E-state index contributed by atoms with van der Waals surface area (Å²) in [5.74, 6) is 1.57. The Kier molecular flexibility index (Phi) is 8.90. The Balaban J connectivity index is 1.37. The first-order valence-electron chi connectivity index (χ1n) is 11.2. The monoisotopic (exact) mass is 425 g/mol. The molecule has 0 aliphatic carbocycles. The number of likely N-dealkylation sites (tertiary alicyclic amines) is 1. The number of carbonyl (C=O) groups excluding carboxylic acids is 1. The van der Waals surface area contributed by atoms with E-state index in [-0.39, 0.29) is 12.5 Å². The Labute approximate surface area is 185 Å². The summed E-state index contributed by atoms with van der Waals surface area (Å²) in [7, 11) is 1.79. The van der Waals surface area contributed by atoms with Gasteiger partial charge in [0.05, 0.1) is 0 Å². The van der Waals surface area contributed by atoms with Crippen LogP contribution in [0.2, 0.25) is 0 Å². The fraction of sp³-hybridized carbons (Fsp3) is 0.522. The van der Waals surface area contributed by atoms with Crippen LogP contribution in [0.5, 0.6) is 0 Å². The maximum Gasteiger partial charge on any atom is 0.246 e. The Bertz CT molecular complexity index is 826. The molecule has 168 valence electrons. The molecule has 0 atom stereocenters. The molecule has 2 aromatic rings. The van der Waals surface area contributed by atoms with Crippen LogP contribution in [0, 0.1) is 5.92 Å². The van der Waals surface area contributed by atoms with Crippen LogP contribution < -0.4 is 16.0 Å². The lowest BCUT2D eigenvalue weighted by Gasteiger charge is -2.30. The highest BCUT2D eigenvalue weighted by molar-refractivity contribution is 5.90. The molecule has 1 aromatic heterocycles. The van der Waals surface area contributed by atoms with Crippen LogP contribution >= 0.6 is 0 Å². The SMILES string of the molecule is CN=C(NCCCN1CCC(C)CC1)NCc1cccc(NC(=O)Cn2cccn2)c1. The van der Waals surface area contributed by atoms with Gasteiger partial charge < -0.3 is 20.9 Å². The molecule has 0 unspecified atom stereocenters. The molecule has 31 heavy (non-hydrogen) atoms. The maximum absolute atomic E-state index is 12.2. The number of hydrogen-bond donors (Lipinski definition) is 3. The molecular weight excluding hydrogens is 390 g/mol. The van der Waals surface area contributed by atoms with Gasteiger partial charge in [0, 0.05) is 38.2 Å². The minimum Gasteiger partial charge on any atom is -0.356 e. The number of benzene rings is 1. The third kappa shape index (κ3) is 8.05. The van der Waals surface area contributed by atoms with E-state index in [9.17, 15) is 4.79 Å². The maximum atomic E-state index is 12.2. The van der Waals surface area contributed by atoms with Crippen molar-refractivity contribution in [1.29, 1.82) is 0 Å². The molecule has 1 aliphatic rings. The average molecular weight is 426 g/mol. The number of piperidine rings is 1. The lowest BCUT2D eigenvalue weighted by molar-refractivity contribution is -0.116. The lowest BCUT2D eigenvalue weighted by atomic mass is 9.99. The van der Waals surface area contributed by atoms with E-state index in [0.29, 0.717) is 6.54 Å². The van der Waals surface area contributed by atoms with Crippen molar-refractivity contribution in [2.75, 3.05) is 38.5 Å². The second-order valence-electron chi connectivity index (χ2n) is 8.18. The summed E-state index contributed by atoms with van der Waals surface area (Å²) < 4.78 is 1.60. The van der Waals surface area contributed by atoms with Gasteiger partial charge >= 0.3 is 0 Å². The molecule has 1 amide bonds. The number of aliphatic imine (C=N–C) groups is 1. The zero-order valence-corrected chi connectivity index (χ0v) is 18.7. The molecule has 1 saturated heterocycles. The van der Waals surface area contributed by atoms with Gasteiger partial charge in [0.25, 0.3) is 0 Å². The van der Waals surface area contributed by atoms with Crippen molar-refractivity contribution in [3.63, 3.8) is 0 Å². The number of anilines is 1. The highest BCUT2D eigenvalue weighted by Crippen LogP contribution is 2.15. The van der Waals surface area contributed by atoms with E-state index in [1.807, 2.05) is 24.3 Å². The van der Waals surface area contributed by atoms with Gasteiger partial charge in [-0.2, -0.15) is 5.10 Å². The molecule has 8 nitrogen and oxygen atoms in total. The summed E-state index contributed by atoms with van der Waals surface area (Å²) >= 11 is 0. The first-order valence-corrected chi connectivity index (χ1v) is 11.2. The van der Waals surface area contributed by atoms with Gasteiger partial charge in [0.15, 0.2) is 5.96 Å². The normalized spacial score (nSPS) is 15.6. The van der Waals surface area contributed by atoms with Crippen molar-refractivity contribution >= 4 is 17.6 Å². The smallest absolute Gasteiger partial charge is 0.246 e. The molecule has 0 radical (unpaired) electrons. The Morgan fingerprint density at radius 2 is 2.06 bits per heavy atom. The van der Waals surface area contributed by atoms with Crippen molar-refractivity contribution in [1.82, 2.24) is 25.3 Å². The van der Waals surface area contributed by atoms with Gasteiger partial charge in [-0.15, -0.1) is 0 Å². The van der Waals surface area contributed by atoms with Gasteiger partial charge in [0.1, 0.15) is 6.54 Å². The number of amides is 1. The largest absolute Gasteiger partial charge is 0.356 e. The summed E-state index contributed by atoms with van der Waals surface area (Å²) in [6, 6.07) is 9.63. The minimum atomic E-state index is -0.102. The van der Waals surface area contributed by atoms with Gasteiger partial charge in [-0.05, 0) is 68.6 Å². The summed E-state index contributed by atoms with van der Waals surface area (Å²) in [6.45, 7) is 7.66. The molecule has 0 bridgehead atoms. The van der Waals surface area contributed by atoms with E-state index in [1.54, 1.807) is 30.2 Å². The second kappa shape index (κ2) is 12.1. The topological polar surface area (TPSA) is 86.6 Å². The van der Waals surface area contributed by atoms with Crippen molar-refractivity contribution in [3.05, 3.63) is 48.3 Å². The predicted molar refractivity (Wildman–Crippen MR) is 125 cm³/mol. The van der Waals surface area contributed by atoms with Crippen molar-refractivity contribution in [3.8, 4) is 0 Å². The van der Waals surface area contributed by atoms with Gasteiger partial charge in [-0.3, -0.25) is 14.5 Å². The third-order valence-electron chi connectivity index (χ3n) is 5.58. The number of guanidine groups is 1. The van der Waals surface area contributed by atoms with E-state index in [4.69, 9.17) is 0 Å². The Morgan fingerprint density at radius 1 is 1.23 bits per heavy atom. The number of rotatable bonds is 9. The minimum absolute atomic E-state index is 0.102. The number of nitrogens with one attached hydrogen (secondary N) is 3. The Hall–Kier alpha value is -2.87. The van der Waals surface area contributed by atoms with E-state index < -0.39 is 0 Å². The first-order chi connectivity index (χ1) is 15.1. The first kappa shape index (κ1) is 22.8. The van der Waals surface area contributed by atoms with Crippen molar-refractivity contribution in [2.24, 2.45) is 10.9 Å². The van der Waals surface area contributed by atoms with E-state index in [2.05, 4.69) is 37.9 Å². The predicted octanol–water partition coefficient (Wildman–Crippen LogP) is 2.31. The molecule has 0 spiro atoms. The fourth-order valence-electron chi connectivity index (χ4n) is 3.70. The molecule has 1 aliphatic heterocycles. The lowest BCUT2D eigenvalue weighted by Crippen LogP contribution is -2.39. The summed E-state index contributed by atoms with van der Waals surface area (Å²) in [4.78, 5) is 19.0. The highest BCUT2D eigenvalue weighted by atomic mass is 16.2. The number of carbonyl (C=O) groups is 1. The summed E-state index contributed by atoms with van der Waals surface area (Å²) in [5, 5.41) is 13.7. The highest BCUT2D eigenvalue weighted by Gasteiger charge is 2.14. The van der Waals surface area contributed by atoms with Gasteiger partial charge in [-0.25, -0.2) is 0 Å². The zero-order valence-electron chi connectivity index (χ0n) is 18.7. The van der Waals surface area contributed by atoms with Gasteiger partial charge in [-0.1, -0.05) is 19.1 Å². The van der Waals surface area contributed by atoms with Crippen LogP contribution in [0.1, 0.15) is 31.7 Å². The van der Waals surface area contributed by atoms with Crippen molar-refractivity contribution in [2.45, 2.75) is 39.3 Å². The number of aromatic nitrogens is 2. The Morgan fingerprint density at radius 3 is 2.81 bits per heavy atom. The fourth-order valence-corrected chi connectivity index (χ4v) is 3.70. The van der Waals surface area contributed by atoms with Crippen LogP contribution in [-0.2, 0) is 17.9 Å². The van der Waals surface area contributed by atoms with E-state index in [0.717, 1.165) is 42.6 Å². The molecular formula is C23H35N7O. The average Bonchev–Trinajstić information content (AvgIpc) is 3.27. The molecule has 1 aromatic carbocycles. The van der Waals surface area contributed by atoms with Crippen LogP contribution in [0.25, 0.3) is 0 Å². The van der Waals surface area contributed by atoms with Crippen LogP contribution in [0.4, 0.5) is 5.69 Å². The molecule has 0 saturated carbocycles. The van der Waals surface area contributed by atoms with Gasteiger partial charge in [0.2, 0.25) is 5.91 Å². The second-order valence-corrected chi connectivity index (χ2v) is 8.18. The molecule has 8 heteroatoms. The van der Waals surface area contributed by atoms with E-state index in [1.165, 1.54) is 25.9 Å². The molecule has 3 rings (SSSR count). The van der Waals surface area contributed by atoms with Crippen LogP contribution in [0.15, 0.2) is 47.7 Å². The standard InChI is InChI=1S/C23H35N7O/c1-19-8-14-29(15-9-19)12-4-10-25-23(24-2)26-17-20-6-3-7-21(16-20)28-22(31)18-30-13-5-11-27-30/h3,5-7,11,13,16,19H,4,8-10,12,14-15,17-18H2,1-2H3,(H,28,31)(H2,24,25,26). The third-order valence-corrected chi connectivity index (χ3v) is 5.58. The molecule has 1 fully saturated rings. The molecule has 3 N–H and O–H groups in total. The van der Waals surface area contributed by atoms with Crippen LogP contribution in [0.3, 0.4) is 0 Å². The van der Waals surface area contributed by atoms with Crippen LogP contribution in [-0.4, -0.2) is 59.8 Å². The summed E-state index contributed by atoms with van der Waals surface area (Å²) in [5.41, 5.74) is 1.84. The quantitative estimate of drug-likeness (QED) is 0.326. The molecule has 2 heterocycles. The number of nitrogens with zero attached hydrogens (tertiary/aromatic N) is 4. The number of hydrogen-bond acceptors (Lipinski definition) is 4.